The third-order valence-corrected chi connectivity index (χ3v) is 4.38. The normalized spacial score (nSPS) is 11.0. The fourth-order valence-corrected chi connectivity index (χ4v) is 3.10. The van der Waals surface area contributed by atoms with Crippen molar-refractivity contribution in [3.8, 4) is 5.75 Å². The Labute approximate surface area is 122 Å². The number of benzene rings is 2. The minimum Gasteiger partial charge on any atom is -0.508 e. The third-order valence-electron chi connectivity index (χ3n) is 3.45. The van der Waals surface area contributed by atoms with E-state index in [-0.39, 0.29) is 0 Å². The first kappa shape index (κ1) is 13.2. The Balaban J connectivity index is 1.69. The van der Waals surface area contributed by atoms with E-state index in [0.29, 0.717) is 12.3 Å². The van der Waals surface area contributed by atoms with Crippen molar-refractivity contribution < 1.29 is 5.11 Å². The lowest BCUT2D eigenvalue weighted by molar-refractivity contribution is 0.466. The predicted octanol–water partition coefficient (Wildman–Crippen LogP) is 3.94. The summed E-state index contributed by atoms with van der Waals surface area (Å²) in [5.41, 5.74) is 0.981. The average molecular weight is 283 g/mol. The van der Waals surface area contributed by atoms with Crippen molar-refractivity contribution in [2.45, 2.75) is 13.0 Å². The highest BCUT2D eigenvalue weighted by atomic mass is 32.1. The zero-order valence-corrected chi connectivity index (χ0v) is 12.0. The van der Waals surface area contributed by atoms with Gasteiger partial charge in [0.1, 0.15) is 5.75 Å². The van der Waals surface area contributed by atoms with E-state index in [2.05, 4.69) is 35.0 Å². The van der Waals surface area contributed by atoms with Gasteiger partial charge < -0.3 is 10.4 Å². The molecule has 0 aliphatic carbocycles. The molecule has 0 radical (unpaired) electrons. The smallest absolute Gasteiger partial charge is 0.120 e. The molecule has 0 unspecified atom stereocenters. The molecule has 0 aliphatic rings. The topological polar surface area (TPSA) is 32.3 Å². The van der Waals surface area contributed by atoms with Crippen molar-refractivity contribution in [2.75, 3.05) is 6.54 Å². The molecule has 3 aromatic rings. The zero-order chi connectivity index (χ0) is 13.8. The Morgan fingerprint density at radius 2 is 1.90 bits per heavy atom. The Morgan fingerprint density at radius 1 is 1.00 bits per heavy atom. The molecule has 1 aromatic heterocycles. The van der Waals surface area contributed by atoms with Crippen LogP contribution in [0.1, 0.15) is 10.4 Å². The second kappa shape index (κ2) is 6.07. The quantitative estimate of drug-likeness (QED) is 0.695. The molecular weight excluding hydrogens is 266 g/mol. The van der Waals surface area contributed by atoms with E-state index >= 15 is 0 Å². The lowest BCUT2D eigenvalue weighted by Crippen LogP contribution is -2.16. The fraction of sp³-hybridized carbons (Fsp3) is 0.176. The first-order chi connectivity index (χ1) is 9.84. The van der Waals surface area contributed by atoms with Crippen LogP contribution in [0.3, 0.4) is 0 Å². The van der Waals surface area contributed by atoms with Gasteiger partial charge in [0.2, 0.25) is 0 Å². The van der Waals surface area contributed by atoms with Gasteiger partial charge in [0.15, 0.2) is 0 Å². The maximum atomic E-state index is 10.1. The van der Waals surface area contributed by atoms with Crippen molar-refractivity contribution in [2.24, 2.45) is 0 Å². The van der Waals surface area contributed by atoms with Crippen molar-refractivity contribution in [1.29, 1.82) is 0 Å². The SMILES string of the molecule is Oc1ccc2ccccc2c1CNCCc1cccs1. The lowest BCUT2D eigenvalue weighted by Gasteiger charge is -2.10. The van der Waals surface area contributed by atoms with Crippen LogP contribution in [0.2, 0.25) is 0 Å². The van der Waals surface area contributed by atoms with Gasteiger partial charge in [0.25, 0.3) is 0 Å². The number of hydrogen-bond acceptors (Lipinski definition) is 3. The second-order valence-electron chi connectivity index (χ2n) is 4.79. The maximum Gasteiger partial charge on any atom is 0.120 e. The summed E-state index contributed by atoms with van der Waals surface area (Å²) in [6.07, 6.45) is 1.03. The molecule has 1 heterocycles. The summed E-state index contributed by atoms with van der Waals surface area (Å²) in [7, 11) is 0. The first-order valence-corrected chi connectivity index (χ1v) is 7.65. The molecule has 0 fully saturated rings. The van der Waals surface area contributed by atoms with Gasteiger partial charge in [-0.05, 0) is 34.7 Å². The molecule has 0 aliphatic heterocycles. The molecule has 0 saturated heterocycles. The molecule has 2 aromatic carbocycles. The fourth-order valence-electron chi connectivity index (χ4n) is 2.39. The van der Waals surface area contributed by atoms with Crippen LogP contribution >= 0.6 is 11.3 Å². The Hall–Kier alpha value is -1.84. The van der Waals surface area contributed by atoms with Crippen LogP contribution in [0.4, 0.5) is 0 Å². The Kier molecular flexibility index (Phi) is 4.00. The highest BCUT2D eigenvalue weighted by Gasteiger charge is 2.06. The van der Waals surface area contributed by atoms with Gasteiger partial charge in [-0.25, -0.2) is 0 Å². The molecule has 0 saturated carbocycles. The van der Waals surface area contributed by atoms with Crippen molar-refractivity contribution >= 4 is 22.1 Å². The molecule has 2 nitrogen and oxygen atoms in total. The molecule has 0 atom stereocenters. The summed E-state index contributed by atoms with van der Waals surface area (Å²) in [5.74, 6) is 0.368. The van der Waals surface area contributed by atoms with Gasteiger partial charge in [-0.2, -0.15) is 0 Å². The highest BCUT2D eigenvalue weighted by Crippen LogP contribution is 2.26. The molecule has 3 rings (SSSR count). The number of aromatic hydroxyl groups is 1. The number of hydrogen-bond donors (Lipinski definition) is 2. The van der Waals surface area contributed by atoms with Gasteiger partial charge in [-0.3, -0.25) is 0 Å². The van der Waals surface area contributed by atoms with E-state index in [4.69, 9.17) is 0 Å². The minimum absolute atomic E-state index is 0.368. The largest absolute Gasteiger partial charge is 0.508 e. The van der Waals surface area contributed by atoms with Crippen LogP contribution in [0, 0.1) is 0 Å². The van der Waals surface area contributed by atoms with Gasteiger partial charge in [-0.15, -0.1) is 11.3 Å². The monoisotopic (exact) mass is 283 g/mol. The summed E-state index contributed by atoms with van der Waals surface area (Å²) in [6, 6.07) is 16.1. The molecule has 20 heavy (non-hydrogen) atoms. The van der Waals surface area contributed by atoms with E-state index < -0.39 is 0 Å². The standard InChI is InChI=1S/C17H17NOS/c19-17-8-7-13-4-1-2-6-15(13)16(17)12-18-10-9-14-5-3-11-20-14/h1-8,11,18-19H,9-10,12H2. The van der Waals surface area contributed by atoms with Gasteiger partial charge in [0, 0.05) is 23.5 Å². The molecule has 0 bridgehead atoms. The molecule has 0 spiro atoms. The van der Waals surface area contributed by atoms with Crippen LogP contribution < -0.4 is 5.32 Å². The number of phenolic OH excluding ortho intramolecular Hbond substituents is 1. The predicted molar refractivity (Wildman–Crippen MR) is 85.3 cm³/mol. The van der Waals surface area contributed by atoms with Crippen molar-refractivity contribution in [3.05, 3.63) is 64.4 Å². The number of phenols is 1. The average Bonchev–Trinajstić information content (AvgIpc) is 2.98. The number of fused-ring (bicyclic) bond motifs is 1. The lowest BCUT2D eigenvalue weighted by atomic mass is 10.0. The zero-order valence-electron chi connectivity index (χ0n) is 11.2. The summed E-state index contributed by atoms with van der Waals surface area (Å²) < 4.78 is 0. The Morgan fingerprint density at radius 3 is 2.75 bits per heavy atom. The summed E-state index contributed by atoms with van der Waals surface area (Å²) in [5, 5.41) is 17.9. The maximum absolute atomic E-state index is 10.1. The summed E-state index contributed by atoms with van der Waals surface area (Å²) in [6.45, 7) is 1.61. The summed E-state index contributed by atoms with van der Waals surface area (Å²) in [4.78, 5) is 1.39. The van der Waals surface area contributed by atoms with E-state index in [0.717, 1.165) is 23.9 Å². The second-order valence-corrected chi connectivity index (χ2v) is 5.82. The Bertz CT molecular complexity index is 691. The van der Waals surface area contributed by atoms with Crippen LogP contribution in [0.25, 0.3) is 10.8 Å². The van der Waals surface area contributed by atoms with Gasteiger partial charge in [-0.1, -0.05) is 36.4 Å². The number of nitrogens with one attached hydrogen (secondary N) is 1. The third kappa shape index (κ3) is 2.84. The number of rotatable bonds is 5. The van der Waals surface area contributed by atoms with Crippen LogP contribution in [-0.2, 0) is 13.0 Å². The van der Waals surface area contributed by atoms with Crippen LogP contribution in [-0.4, -0.2) is 11.7 Å². The molecule has 102 valence electrons. The highest BCUT2D eigenvalue weighted by molar-refractivity contribution is 7.09. The van der Waals surface area contributed by atoms with Crippen molar-refractivity contribution in [1.82, 2.24) is 5.32 Å². The van der Waals surface area contributed by atoms with Crippen molar-refractivity contribution in [3.63, 3.8) is 0 Å². The van der Waals surface area contributed by atoms with Gasteiger partial charge in [0.05, 0.1) is 0 Å². The molecule has 3 heteroatoms. The minimum atomic E-state index is 0.368. The molecular formula is C17H17NOS. The first-order valence-electron chi connectivity index (χ1n) is 6.77. The van der Waals surface area contributed by atoms with E-state index in [9.17, 15) is 5.11 Å². The van der Waals surface area contributed by atoms with Crippen LogP contribution in [0.15, 0.2) is 53.9 Å². The van der Waals surface area contributed by atoms with Gasteiger partial charge >= 0.3 is 0 Å². The molecule has 0 amide bonds. The van der Waals surface area contributed by atoms with Crippen LogP contribution in [0.5, 0.6) is 5.75 Å². The number of thiophene rings is 1. The molecule has 2 N–H and O–H groups in total. The summed E-state index contributed by atoms with van der Waals surface area (Å²) >= 11 is 1.79. The van der Waals surface area contributed by atoms with E-state index in [1.165, 1.54) is 10.3 Å². The van der Waals surface area contributed by atoms with E-state index in [1.54, 1.807) is 17.4 Å². The van der Waals surface area contributed by atoms with E-state index in [1.807, 2.05) is 18.2 Å².